The van der Waals surface area contributed by atoms with E-state index in [1.54, 1.807) is 0 Å². The zero-order valence-corrected chi connectivity index (χ0v) is 30.8. The van der Waals surface area contributed by atoms with E-state index in [-0.39, 0.29) is 52.4 Å². The number of hydrogen-bond donors (Lipinski definition) is 13. The predicted octanol–water partition coefficient (Wildman–Crippen LogP) is -3.59. The Hall–Kier alpha value is 0.730. The van der Waals surface area contributed by atoms with E-state index in [1.165, 1.54) is 4.90 Å². The molecule has 1 aliphatic heterocycles. The van der Waals surface area contributed by atoms with E-state index in [2.05, 4.69) is 27.1 Å². The van der Waals surface area contributed by atoms with E-state index in [4.69, 9.17) is 14.4 Å². The van der Waals surface area contributed by atoms with Crippen LogP contribution in [0.5, 0.6) is 0 Å². The third-order valence-electron chi connectivity index (χ3n) is 5.59. The van der Waals surface area contributed by atoms with Crippen molar-refractivity contribution in [2.24, 2.45) is 0 Å². The molecule has 0 aliphatic carbocycles. The van der Waals surface area contributed by atoms with Gasteiger partial charge in [-0.05, 0) is 18.1 Å². The van der Waals surface area contributed by atoms with Gasteiger partial charge in [0.1, 0.15) is 0 Å². The number of hydroxylamine groups is 2. The molecule has 0 amide bonds. The molecule has 0 aromatic rings. The SMILES string of the molecule is O=[P+](O)OC(O)(CN1CCN(CC(O)(OP(O)O)OP(O)O)CCN(OP(O)O)CCN(CC(O)(O[P+](=O)O)O[P+](=O)O)CC1)O[P+](=O)O. The first-order valence-corrected chi connectivity index (χ1v) is 20.6. The van der Waals surface area contributed by atoms with Crippen molar-refractivity contribution >= 4 is 58.8 Å². The molecule has 49 heavy (non-hydrogen) atoms. The lowest BCUT2D eigenvalue weighted by atomic mass is 10.3. The van der Waals surface area contributed by atoms with E-state index in [9.17, 15) is 72.7 Å². The van der Waals surface area contributed by atoms with Crippen LogP contribution >= 0.6 is 58.8 Å². The van der Waals surface area contributed by atoms with E-state index in [1.807, 2.05) is 0 Å². The van der Waals surface area contributed by atoms with Crippen LogP contribution in [0, 0.1) is 0 Å². The second-order valence-electron chi connectivity index (χ2n) is 9.23. The maximum atomic E-state index is 11.4. The number of aliphatic hydroxyl groups is 3. The number of hydrogen-bond acceptors (Lipinski definition) is 24. The van der Waals surface area contributed by atoms with Gasteiger partial charge in [0, 0.05) is 70.6 Å². The molecular formula is C14H35N4O24P7+4. The second-order valence-corrected chi connectivity index (χ2v) is 13.9. The van der Waals surface area contributed by atoms with Gasteiger partial charge in [-0.1, -0.05) is 0 Å². The van der Waals surface area contributed by atoms with Crippen molar-refractivity contribution in [2.75, 3.05) is 72.0 Å². The lowest BCUT2D eigenvalue weighted by Crippen LogP contribution is -2.54. The van der Waals surface area contributed by atoms with Gasteiger partial charge >= 0.3 is 76.7 Å². The van der Waals surface area contributed by atoms with Crippen LogP contribution in [0.1, 0.15) is 0 Å². The predicted molar refractivity (Wildman–Crippen MR) is 157 cm³/mol. The van der Waals surface area contributed by atoms with Crippen LogP contribution in [0.4, 0.5) is 0 Å². The second kappa shape index (κ2) is 22.8. The third kappa shape index (κ3) is 21.9. The summed E-state index contributed by atoms with van der Waals surface area (Å²) in [6, 6.07) is 0. The Morgan fingerprint density at radius 2 is 0.735 bits per heavy atom. The third-order valence-corrected chi connectivity index (χ3v) is 8.63. The zero-order chi connectivity index (χ0) is 37.6. The topological polar surface area (TPSA) is 409 Å². The van der Waals surface area contributed by atoms with Crippen molar-refractivity contribution < 1.29 is 114 Å². The van der Waals surface area contributed by atoms with Crippen molar-refractivity contribution in [3.05, 3.63) is 0 Å². The quantitative estimate of drug-likeness (QED) is 0.0415. The summed E-state index contributed by atoms with van der Waals surface area (Å²) < 4.78 is 76.9. The Labute approximate surface area is 282 Å². The average Bonchev–Trinajstić information content (AvgIpc) is 2.86. The highest BCUT2D eigenvalue weighted by Crippen LogP contribution is 2.40. The van der Waals surface area contributed by atoms with Crippen LogP contribution < -0.4 is 0 Å². The fourth-order valence-corrected chi connectivity index (χ4v) is 6.60. The molecule has 286 valence electrons. The molecule has 1 rings (SSSR count). The first-order valence-electron chi connectivity index (χ1n) is 12.6. The summed E-state index contributed by atoms with van der Waals surface area (Å²) in [7, 11) is -24.5. The van der Waals surface area contributed by atoms with E-state index < -0.39 is 96.4 Å². The first-order chi connectivity index (χ1) is 22.5. The van der Waals surface area contributed by atoms with Gasteiger partial charge in [0.15, 0.2) is 0 Å². The molecule has 1 saturated heterocycles. The first kappa shape index (κ1) is 47.8. The minimum atomic E-state index is -3.67. The molecule has 0 radical (unpaired) electrons. The fourth-order valence-electron chi connectivity index (χ4n) is 3.99. The van der Waals surface area contributed by atoms with Crippen molar-refractivity contribution in [1.82, 2.24) is 19.8 Å². The summed E-state index contributed by atoms with van der Waals surface area (Å²) in [6.45, 7) is -5.71. The summed E-state index contributed by atoms with van der Waals surface area (Å²) in [4.78, 5) is 96.2. The van der Waals surface area contributed by atoms with Crippen LogP contribution in [0.15, 0.2) is 0 Å². The Morgan fingerprint density at radius 3 is 0.980 bits per heavy atom. The zero-order valence-electron chi connectivity index (χ0n) is 24.5. The molecule has 35 heteroatoms. The Bertz CT molecular complexity index is 1040. The Balaban J connectivity index is 3.56. The van der Waals surface area contributed by atoms with Crippen molar-refractivity contribution in [1.29, 1.82) is 0 Å². The molecule has 13 N–H and O–H groups in total. The van der Waals surface area contributed by atoms with E-state index >= 15 is 0 Å². The molecular weight excluding hydrogens is 825 g/mol. The molecule has 4 atom stereocenters. The van der Waals surface area contributed by atoms with Crippen LogP contribution in [0.25, 0.3) is 0 Å². The Morgan fingerprint density at radius 1 is 0.469 bits per heavy atom. The minimum Gasteiger partial charge on any atom is -0.342 e. The highest BCUT2D eigenvalue weighted by atomic mass is 31.2. The van der Waals surface area contributed by atoms with Crippen molar-refractivity contribution in [3.8, 4) is 0 Å². The van der Waals surface area contributed by atoms with Gasteiger partial charge in [-0.15, -0.1) is 19.6 Å². The lowest BCUT2D eigenvalue weighted by molar-refractivity contribution is -0.289. The molecule has 0 aromatic heterocycles. The van der Waals surface area contributed by atoms with Crippen molar-refractivity contribution in [3.63, 3.8) is 0 Å². The van der Waals surface area contributed by atoms with Gasteiger partial charge in [-0.3, -0.25) is 23.7 Å². The van der Waals surface area contributed by atoms with Crippen molar-refractivity contribution in [2.45, 2.75) is 17.9 Å². The summed E-state index contributed by atoms with van der Waals surface area (Å²) in [5.41, 5.74) is 0. The minimum absolute atomic E-state index is 0.315. The van der Waals surface area contributed by atoms with Crippen LogP contribution in [0.2, 0.25) is 0 Å². The maximum absolute atomic E-state index is 11.4. The van der Waals surface area contributed by atoms with E-state index in [0.717, 1.165) is 14.9 Å². The standard InChI is InChI=1S/C14H31N4O24P7/c19-12(36-43(22)23,37-44(24)25)9-15-1-3-16(10-13(20,38-45(26)27)39-46(28)29)5-7-18(42-49(34)35)8-6-17(4-2-15)11-14(21,40-47(30)31)41-48(32)33/h19-21,26-29,34-35H,1-11H2/p+4. The van der Waals surface area contributed by atoms with Gasteiger partial charge in [0.05, 0.1) is 19.6 Å². The van der Waals surface area contributed by atoms with E-state index in [0.29, 0.717) is 0 Å². The molecule has 0 saturated carbocycles. The summed E-state index contributed by atoms with van der Waals surface area (Å²) in [5.74, 6) is -9.56. The van der Waals surface area contributed by atoms with Gasteiger partial charge < -0.3 is 44.7 Å². The number of β-amino-alcohol motifs (C(OH)–C–C–N with tert-alkyl or cyclic N) is 3. The maximum Gasteiger partial charge on any atom is 0.700 e. The van der Waals surface area contributed by atoms with Crippen LogP contribution in [-0.2, 0) is 50.0 Å². The monoisotopic (exact) mass is 860 g/mol. The molecule has 0 spiro atoms. The molecule has 4 unspecified atom stereocenters. The molecule has 0 bridgehead atoms. The lowest BCUT2D eigenvalue weighted by Gasteiger charge is -2.37. The van der Waals surface area contributed by atoms with Gasteiger partial charge in [-0.25, -0.2) is 4.62 Å². The largest absolute Gasteiger partial charge is 0.700 e. The Kier molecular flexibility index (Phi) is 22.2. The molecule has 1 fully saturated rings. The summed E-state index contributed by atoms with van der Waals surface area (Å²) in [6.07, 6.45) is 0. The number of nitrogens with zero attached hydrogens (tertiary/aromatic N) is 4. The van der Waals surface area contributed by atoms with Crippen LogP contribution in [-0.4, -0.2) is 174 Å². The smallest absolute Gasteiger partial charge is 0.342 e. The molecule has 1 heterocycles. The highest BCUT2D eigenvalue weighted by Gasteiger charge is 2.51. The van der Waals surface area contributed by atoms with Gasteiger partial charge in [0.2, 0.25) is 0 Å². The summed E-state index contributed by atoms with van der Waals surface area (Å²) >= 11 is 0. The summed E-state index contributed by atoms with van der Waals surface area (Å²) in [5, 5.41) is 32.8. The average molecular weight is 860 g/mol. The molecule has 1 aliphatic rings. The molecule has 0 aromatic carbocycles. The molecule has 28 nitrogen and oxygen atoms in total. The fraction of sp³-hybridized carbons (Fsp3) is 1.00. The normalized spacial score (nSPS) is 21.2. The number of rotatable bonds is 20. The van der Waals surface area contributed by atoms with Gasteiger partial charge in [-0.2, -0.15) is 5.06 Å². The van der Waals surface area contributed by atoms with Crippen LogP contribution in [0.3, 0.4) is 0 Å². The van der Waals surface area contributed by atoms with Gasteiger partial charge in [0.25, 0.3) is 0 Å². The highest BCUT2D eigenvalue weighted by molar-refractivity contribution is 7.40.